The van der Waals surface area contributed by atoms with Crippen LogP contribution in [0.5, 0.6) is 5.75 Å². The molecule has 0 spiro atoms. The summed E-state index contributed by atoms with van der Waals surface area (Å²) in [7, 11) is 1.63. The van der Waals surface area contributed by atoms with E-state index in [9.17, 15) is 0 Å². The van der Waals surface area contributed by atoms with Crippen LogP contribution in [-0.2, 0) is 5.41 Å². The third kappa shape index (κ3) is 3.10. The maximum absolute atomic E-state index is 5.33. The molecule has 5 heteroatoms. The molecule has 0 aliphatic heterocycles. The van der Waals surface area contributed by atoms with Gasteiger partial charge in [0, 0.05) is 11.6 Å². The highest BCUT2D eigenvalue weighted by atomic mass is 79.9. The van der Waals surface area contributed by atoms with Gasteiger partial charge in [-0.05, 0) is 34.1 Å². The second-order valence-electron chi connectivity index (χ2n) is 5.20. The predicted molar refractivity (Wildman–Crippen MR) is 78.2 cm³/mol. The molecule has 0 aromatic carbocycles. The predicted octanol–water partition coefficient (Wildman–Crippen LogP) is 3.61. The van der Waals surface area contributed by atoms with E-state index >= 15 is 0 Å². The molecule has 0 saturated heterocycles. The highest BCUT2D eigenvalue weighted by Gasteiger charge is 2.20. The van der Waals surface area contributed by atoms with Crippen molar-refractivity contribution in [2.24, 2.45) is 0 Å². The molecule has 0 aliphatic carbocycles. The zero-order valence-corrected chi connectivity index (χ0v) is 13.0. The summed E-state index contributed by atoms with van der Waals surface area (Å²) >= 11 is 3.43. The SMILES string of the molecule is COc1cccnc1-c1cc(Br)nc(C(C)(C)C)n1. The first kappa shape index (κ1) is 13.9. The van der Waals surface area contributed by atoms with Gasteiger partial charge >= 0.3 is 0 Å². The normalized spacial score (nSPS) is 11.4. The Bertz CT molecular complexity index is 593. The van der Waals surface area contributed by atoms with E-state index in [0.29, 0.717) is 5.75 Å². The minimum atomic E-state index is -0.124. The van der Waals surface area contributed by atoms with E-state index in [0.717, 1.165) is 21.8 Å². The number of hydrogen-bond acceptors (Lipinski definition) is 4. The summed E-state index contributed by atoms with van der Waals surface area (Å²) in [6, 6.07) is 5.55. The van der Waals surface area contributed by atoms with Crippen LogP contribution in [0.3, 0.4) is 0 Å². The summed E-state index contributed by atoms with van der Waals surface area (Å²) in [4.78, 5) is 13.4. The lowest BCUT2D eigenvalue weighted by molar-refractivity contribution is 0.414. The Morgan fingerprint density at radius 2 is 1.95 bits per heavy atom. The Morgan fingerprint density at radius 3 is 2.58 bits per heavy atom. The maximum Gasteiger partial charge on any atom is 0.146 e. The van der Waals surface area contributed by atoms with Crippen molar-refractivity contribution in [1.82, 2.24) is 15.0 Å². The fourth-order valence-corrected chi connectivity index (χ4v) is 2.01. The van der Waals surface area contributed by atoms with Crippen LogP contribution < -0.4 is 4.74 Å². The third-order valence-corrected chi connectivity index (χ3v) is 3.01. The molecular formula is C14H16BrN3O. The van der Waals surface area contributed by atoms with Crippen molar-refractivity contribution in [3.05, 3.63) is 34.8 Å². The van der Waals surface area contributed by atoms with E-state index in [1.807, 2.05) is 18.2 Å². The van der Waals surface area contributed by atoms with Gasteiger partial charge in [-0.15, -0.1) is 0 Å². The number of pyridine rings is 1. The van der Waals surface area contributed by atoms with E-state index < -0.39 is 0 Å². The van der Waals surface area contributed by atoms with Crippen LogP contribution in [-0.4, -0.2) is 22.1 Å². The molecule has 0 amide bonds. The third-order valence-electron chi connectivity index (χ3n) is 2.60. The number of hydrogen-bond donors (Lipinski definition) is 0. The largest absolute Gasteiger partial charge is 0.494 e. The Labute approximate surface area is 121 Å². The van der Waals surface area contributed by atoms with Crippen LogP contribution in [0.2, 0.25) is 0 Å². The van der Waals surface area contributed by atoms with Crippen LogP contribution in [0.15, 0.2) is 29.0 Å². The van der Waals surface area contributed by atoms with Crippen LogP contribution in [0.4, 0.5) is 0 Å². The van der Waals surface area contributed by atoms with Crippen molar-refractivity contribution < 1.29 is 4.74 Å². The minimum Gasteiger partial charge on any atom is -0.494 e. The second kappa shape index (κ2) is 5.25. The lowest BCUT2D eigenvalue weighted by Gasteiger charge is -2.17. The number of halogens is 1. The molecule has 0 radical (unpaired) electrons. The van der Waals surface area contributed by atoms with Crippen molar-refractivity contribution in [3.63, 3.8) is 0 Å². The van der Waals surface area contributed by atoms with Crippen molar-refractivity contribution in [3.8, 4) is 17.1 Å². The summed E-state index contributed by atoms with van der Waals surface area (Å²) in [6.45, 7) is 6.23. The van der Waals surface area contributed by atoms with Gasteiger partial charge in [0.2, 0.25) is 0 Å². The Kier molecular flexibility index (Phi) is 3.85. The van der Waals surface area contributed by atoms with Gasteiger partial charge in [-0.1, -0.05) is 20.8 Å². The number of aromatic nitrogens is 3. The van der Waals surface area contributed by atoms with Gasteiger partial charge in [0.15, 0.2) is 0 Å². The molecule has 2 rings (SSSR count). The summed E-state index contributed by atoms with van der Waals surface area (Å²) in [5.74, 6) is 1.47. The Hall–Kier alpha value is -1.49. The first-order valence-electron chi connectivity index (χ1n) is 5.96. The number of methoxy groups -OCH3 is 1. The average molecular weight is 322 g/mol. The summed E-state index contributed by atoms with van der Waals surface area (Å²) in [6.07, 6.45) is 1.73. The lowest BCUT2D eigenvalue weighted by atomic mass is 9.95. The fourth-order valence-electron chi connectivity index (χ4n) is 1.62. The molecule has 0 unspecified atom stereocenters. The molecule has 0 atom stereocenters. The highest BCUT2D eigenvalue weighted by Crippen LogP contribution is 2.29. The monoisotopic (exact) mass is 321 g/mol. The quantitative estimate of drug-likeness (QED) is 0.793. The lowest BCUT2D eigenvalue weighted by Crippen LogP contribution is -2.16. The molecule has 19 heavy (non-hydrogen) atoms. The summed E-state index contributed by atoms with van der Waals surface area (Å²) in [5, 5.41) is 0. The van der Waals surface area contributed by atoms with Crippen LogP contribution in [0.1, 0.15) is 26.6 Å². The molecule has 2 heterocycles. The average Bonchev–Trinajstić information content (AvgIpc) is 2.37. The van der Waals surface area contributed by atoms with Gasteiger partial charge in [-0.25, -0.2) is 9.97 Å². The van der Waals surface area contributed by atoms with E-state index in [1.165, 1.54) is 0 Å². The smallest absolute Gasteiger partial charge is 0.146 e. The first-order chi connectivity index (χ1) is 8.91. The summed E-state index contributed by atoms with van der Waals surface area (Å²) < 4.78 is 6.07. The van der Waals surface area contributed by atoms with Gasteiger partial charge in [0.1, 0.15) is 21.9 Å². The number of rotatable bonds is 2. The molecular weight excluding hydrogens is 306 g/mol. The number of ether oxygens (including phenoxy) is 1. The Morgan fingerprint density at radius 1 is 1.21 bits per heavy atom. The van der Waals surface area contributed by atoms with Gasteiger partial charge in [0.25, 0.3) is 0 Å². The van der Waals surface area contributed by atoms with Gasteiger partial charge in [-0.2, -0.15) is 0 Å². The Balaban J connectivity index is 2.60. The zero-order valence-electron chi connectivity index (χ0n) is 11.4. The standard InChI is InChI=1S/C14H16BrN3O/c1-14(2,3)13-17-9(8-11(15)18-13)12-10(19-4)6-5-7-16-12/h5-8H,1-4H3. The van der Waals surface area contributed by atoms with Gasteiger partial charge in [-0.3, -0.25) is 4.98 Å². The number of nitrogens with zero attached hydrogens (tertiary/aromatic N) is 3. The zero-order chi connectivity index (χ0) is 14.0. The highest BCUT2D eigenvalue weighted by molar-refractivity contribution is 9.10. The molecule has 100 valence electrons. The first-order valence-corrected chi connectivity index (χ1v) is 6.75. The fraction of sp³-hybridized carbons (Fsp3) is 0.357. The molecule has 0 aliphatic rings. The van der Waals surface area contributed by atoms with Gasteiger partial charge < -0.3 is 4.74 Å². The van der Waals surface area contributed by atoms with Crippen molar-refractivity contribution in [1.29, 1.82) is 0 Å². The van der Waals surface area contributed by atoms with Crippen LogP contribution in [0, 0.1) is 0 Å². The van der Waals surface area contributed by atoms with Crippen molar-refractivity contribution in [2.75, 3.05) is 7.11 Å². The topological polar surface area (TPSA) is 47.9 Å². The van der Waals surface area contributed by atoms with Crippen molar-refractivity contribution >= 4 is 15.9 Å². The van der Waals surface area contributed by atoms with Crippen LogP contribution >= 0.6 is 15.9 Å². The molecule has 0 saturated carbocycles. The molecule has 2 aromatic rings. The molecule has 0 N–H and O–H groups in total. The van der Waals surface area contributed by atoms with Gasteiger partial charge in [0.05, 0.1) is 12.8 Å². The minimum absolute atomic E-state index is 0.124. The second-order valence-corrected chi connectivity index (χ2v) is 6.02. The molecule has 0 fully saturated rings. The molecule has 4 nitrogen and oxygen atoms in total. The van der Waals surface area contributed by atoms with E-state index in [4.69, 9.17) is 4.74 Å². The molecule has 2 aromatic heterocycles. The molecule has 0 bridgehead atoms. The van der Waals surface area contributed by atoms with E-state index in [1.54, 1.807) is 13.3 Å². The summed E-state index contributed by atoms with van der Waals surface area (Å²) in [5.41, 5.74) is 1.35. The van der Waals surface area contributed by atoms with E-state index in [2.05, 4.69) is 51.7 Å². The maximum atomic E-state index is 5.33. The van der Waals surface area contributed by atoms with E-state index in [-0.39, 0.29) is 5.41 Å². The van der Waals surface area contributed by atoms with Crippen LogP contribution in [0.25, 0.3) is 11.4 Å². The van der Waals surface area contributed by atoms with Crippen molar-refractivity contribution in [2.45, 2.75) is 26.2 Å².